The molecule has 6 fully saturated rings. The maximum Gasteiger partial charge on any atom is 0.226 e. The van der Waals surface area contributed by atoms with E-state index in [9.17, 15) is 4.79 Å². The summed E-state index contributed by atoms with van der Waals surface area (Å²) in [6.07, 6.45) is 9.42. The van der Waals surface area contributed by atoms with Crippen LogP contribution in [0, 0.1) is 41.4 Å². The summed E-state index contributed by atoms with van der Waals surface area (Å²) in [5, 5.41) is 3.54. The van der Waals surface area contributed by atoms with Crippen LogP contribution in [-0.4, -0.2) is 37.0 Å². The Bertz CT molecular complexity index is 426. The molecular weight excluding hydrogens is 308 g/mol. The molecule has 4 aliphatic carbocycles. The number of rotatable bonds is 1. The van der Waals surface area contributed by atoms with Crippen LogP contribution in [0.4, 0.5) is 0 Å². The number of hydrogen-bond acceptors (Lipinski definition) is 2. The highest BCUT2D eigenvalue weighted by Crippen LogP contribution is 2.57. The van der Waals surface area contributed by atoms with Crippen LogP contribution in [0.1, 0.15) is 44.9 Å². The zero-order chi connectivity index (χ0) is 14.7. The first-order valence-electron chi connectivity index (χ1n) is 9.77. The quantitative estimate of drug-likeness (QED) is 0.797. The van der Waals surface area contributed by atoms with Gasteiger partial charge in [-0.15, -0.1) is 12.4 Å². The van der Waals surface area contributed by atoms with Crippen LogP contribution in [0.15, 0.2) is 0 Å². The van der Waals surface area contributed by atoms with E-state index in [-0.39, 0.29) is 12.4 Å². The van der Waals surface area contributed by atoms with Crippen molar-refractivity contribution in [3.63, 3.8) is 0 Å². The minimum atomic E-state index is 0. The number of halogens is 1. The second kappa shape index (κ2) is 6.22. The highest BCUT2D eigenvalue weighted by Gasteiger charge is 2.51. The summed E-state index contributed by atoms with van der Waals surface area (Å²) in [5.74, 6) is 6.06. The molecule has 0 aromatic carbocycles. The molecule has 6 aliphatic rings. The van der Waals surface area contributed by atoms with Crippen LogP contribution < -0.4 is 5.32 Å². The van der Waals surface area contributed by atoms with E-state index in [1.54, 1.807) is 0 Å². The Morgan fingerprint density at radius 2 is 1.30 bits per heavy atom. The highest BCUT2D eigenvalue weighted by molar-refractivity contribution is 5.85. The van der Waals surface area contributed by atoms with E-state index in [1.165, 1.54) is 58.0 Å². The van der Waals surface area contributed by atoms with E-state index < -0.39 is 0 Å². The van der Waals surface area contributed by atoms with Crippen LogP contribution >= 0.6 is 12.4 Å². The van der Waals surface area contributed by atoms with Crippen molar-refractivity contribution in [2.24, 2.45) is 41.4 Å². The smallest absolute Gasteiger partial charge is 0.226 e. The average molecular weight is 339 g/mol. The Morgan fingerprint density at radius 1 is 0.783 bits per heavy atom. The number of fused-ring (bicyclic) bond motifs is 1. The van der Waals surface area contributed by atoms with E-state index in [2.05, 4.69) is 10.2 Å². The van der Waals surface area contributed by atoms with Gasteiger partial charge < -0.3 is 10.2 Å². The third-order valence-corrected chi connectivity index (χ3v) is 7.84. The van der Waals surface area contributed by atoms with E-state index in [0.29, 0.717) is 11.8 Å². The van der Waals surface area contributed by atoms with Crippen LogP contribution in [0.3, 0.4) is 0 Å². The maximum atomic E-state index is 13.3. The van der Waals surface area contributed by atoms with Crippen molar-refractivity contribution in [1.82, 2.24) is 10.2 Å². The van der Waals surface area contributed by atoms with Gasteiger partial charge in [-0.1, -0.05) is 0 Å². The normalized spacial score (nSPS) is 47.8. The number of carbonyl (C=O) groups excluding carboxylic acids is 1. The minimum absolute atomic E-state index is 0. The lowest BCUT2D eigenvalue weighted by Crippen LogP contribution is -2.52. The molecule has 4 bridgehead atoms. The molecule has 4 saturated carbocycles. The van der Waals surface area contributed by atoms with Gasteiger partial charge in [0.1, 0.15) is 0 Å². The van der Waals surface area contributed by atoms with Gasteiger partial charge in [0.05, 0.1) is 0 Å². The number of likely N-dealkylation sites (tertiary alicyclic amines) is 1. The topological polar surface area (TPSA) is 32.3 Å². The fourth-order valence-corrected chi connectivity index (χ4v) is 6.98. The number of amides is 1. The summed E-state index contributed by atoms with van der Waals surface area (Å²) >= 11 is 0. The number of carbonyl (C=O) groups is 1. The van der Waals surface area contributed by atoms with Gasteiger partial charge in [-0.2, -0.15) is 0 Å². The van der Waals surface area contributed by atoms with E-state index in [0.717, 1.165) is 48.6 Å². The zero-order valence-electron chi connectivity index (χ0n) is 14.1. The van der Waals surface area contributed by atoms with Gasteiger partial charge in [0.2, 0.25) is 5.91 Å². The summed E-state index contributed by atoms with van der Waals surface area (Å²) in [4.78, 5) is 15.6. The summed E-state index contributed by atoms with van der Waals surface area (Å²) in [6, 6.07) is 0. The Hall–Kier alpha value is -0.280. The fraction of sp³-hybridized carbons (Fsp3) is 0.947. The van der Waals surface area contributed by atoms with Crippen molar-refractivity contribution in [2.75, 3.05) is 26.2 Å². The first kappa shape index (κ1) is 16.2. The molecule has 23 heavy (non-hydrogen) atoms. The first-order chi connectivity index (χ1) is 10.8. The third-order valence-electron chi connectivity index (χ3n) is 7.84. The van der Waals surface area contributed by atoms with Crippen LogP contribution in [0.5, 0.6) is 0 Å². The Morgan fingerprint density at radius 3 is 1.83 bits per heavy atom. The van der Waals surface area contributed by atoms with Gasteiger partial charge in [0.25, 0.3) is 0 Å². The monoisotopic (exact) mass is 338 g/mol. The average Bonchev–Trinajstić information content (AvgIpc) is 2.84. The molecule has 130 valence electrons. The zero-order valence-corrected chi connectivity index (χ0v) is 14.9. The fourth-order valence-electron chi connectivity index (χ4n) is 6.98. The second-order valence-electron chi connectivity index (χ2n) is 9.04. The molecule has 1 N–H and O–H groups in total. The van der Waals surface area contributed by atoms with Crippen molar-refractivity contribution in [1.29, 1.82) is 0 Å². The lowest BCUT2D eigenvalue weighted by Gasteiger charge is -2.54. The molecule has 1 amide bonds. The van der Waals surface area contributed by atoms with E-state index in [1.807, 2.05) is 0 Å². The summed E-state index contributed by atoms with van der Waals surface area (Å²) < 4.78 is 0. The van der Waals surface area contributed by atoms with Gasteiger partial charge in [-0.3, -0.25) is 4.79 Å². The number of hydrogen-bond donors (Lipinski definition) is 1. The maximum absolute atomic E-state index is 13.3. The number of nitrogens with zero attached hydrogens (tertiary/aromatic N) is 1. The predicted octanol–water partition coefficient (Wildman–Crippen LogP) is 2.94. The van der Waals surface area contributed by atoms with E-state index >= 15 is 0 Å². The van der Waals surface area contributed by atoms with Crippen LogP contribution in [0.2, 0.25) is 0 Å². The van der Waals surface area contributed by atoms with Crippen molar-refractivity contribution >= 4 is 18.3 Å². The molecule has 6 rings (SSSR count). The summed E-state index contributed by atoms with van der Waals surface area (Å²) in [5.41, 5.74) is 0. The Labute approximate surface area is 146 Å². The lowest BCUT2D eigenvalue weighted by molar-refractivity contribution is -0.149. The molecule has 2 saturated heterocycles. The van der Waals surface area contributed by atoms with Gasteiger partial charge in [-0.05, 0) is 93.5 Å². The third kappa shape index (κ3) is 2.72. The first-order valence-corrected chi connectivity index (χ1v) is 9.77. The van der Waals surface area contributed by atoms with Crippen LogP contribution in [-0.2, 0) is 4.79 Å². The summed E-state index contributed by atoms with van der Waals surface area (Å²) in [6.45, 7) is 4.43. The molecule has 0 spiro atoms. The van der Waals surface area contributed by atoms with Gasteiger partial charge >= 0.3 is 0 Å². The van der Waals surface area contributed by atoms with E-state index in [4.69, 9.17) is 0 Å². The molecule has 0 aromatic heterocycles. The number of nitrogens with one attached hydrogen (secondary N) is 1. The molecule has 2 heterocycles. The van der Waals surface area contributed by atoms with Gasteiger partial charge in [0.15, 0.2) is 0 Å². The lowest BCUT2D eigenvalue weighted by atomic mass is 9.51. The van der Waals surface area contributed by atoms with Crippen molar-refractivity contribution in [3.05, 3.63) is 0 Å². The molecule has 0 aromatic rings. The van der Waals surface area contributed by atoms with Crippen molar-refractivity contribution in [2.45, 2.75) is 44.9 Å². The molecule has 2 atom stereocenters. The Kier molecular flexibility index (Phi) is 4.38. The predicted molar refractivity (Wildman–Crippen MR) is 93.4 cm³/mol. The molecular formula is C19H31ClN2O. The largest absolute Gasteiger partial charge is 0.342 e. The van der Waals surface area contributed by atoms with Gasteiger partial charge in [-0.25, -0.2) is 0 Å². The van der Waals surface area contributed by atoms with Crippen molar-refractivity contribution in [3.8, 4) is 0 Å². The van der Waals surface area contributed by atoms with Gasteiger partial charge in [0, 0.05) is 19.0 Å². The second-order valence-corrected chi connectivity index (χ2v) is 9.04. The van der Waals surface area contributed by atoms with Crippen molar-refractivity contribution < 1.29 is 4.79 Å². The summed E-state index contributed by atoms with van der Waals surface area (Å²) in [7, 11) is 0. The molecule has 4 heteroatoms. The van der Waals surface area contributed by atoms with Crippen LogP contribution in [0.25, 0.3) is 0 Å². The SMILES string of the molecule is Cl.O=C(C1C2CC3CC(C2)CC1C3)N1CC[C@@H]2CNC[C@@H]2CC1. The Balaban J connectivity index is 0.00000135. The highest BCUT2D eigenvalue weighted by atomic mass is 35.5. The minimum Gasteiger partial charge on any atom is -0.342 e. The molecule has 0 unspecified atom stereocenters. The molecule has 0 radical (unpaired) electrons. The standard InChI is InChI=1S/C19H30N2O.ClH/c22-19(21-3-1-14-10-20-11-15(14)2-4-21)18-16-6-12-5-13(8-16)9-17(18)7-12;/h12-18,20H,1-11H2;1H/t12?,13?,14-,15+,16?,17?,18?;. The molecule has 2 aliphatic heterocycles. The molecule has 3 nitrogen and oxygen atoms in total.